The van der Waals surface area contributed by atoms with Crippen LogP contribution in [0.4, 0.5) is 18.9 Å². The first kappa shape index (κ1) is 11.1. The van der Waals surface area contributed by atoms with Gasteiger partial charge in [-0.05, 0) is 12.1 Å². The van der Waals surface area contributed by atoms with Crippen molar-refractivity contribution in [1.82, 2.24) is 0 Å². The number of nitrogens with one attached hydrogen (secondary N) is 1. The van der Waals surface area contributed by atoms with Gasteiger partial charge in [-0.3, -0.25) is 0 Å². The number of anilines is 1. The molecular formula is C11H12F3NO. The van der Waals surface area contributed by atoms with Crippen molar-refractivity contribution >= 4 is 5.69 Å². The van der Waals surface area contributed by atoms with Crippen LogP contribution in [0.1, 0.15) is 12.5 Å². The molecule has 1 aliphatic heterocycles. The van der Waals surface area contributed by atoms with Crippen molar-refractivity contribution in [2.45, 2.75) is 13.1 Å². The highest BCUT2D eigenvalue weighted by atomic mass is 19.4. The third-order valence-corrected chi connectivity index (χ3v) is 2.47. The summed E-state index contributed by atoms with van der Waals surface area (Å²) in [4.78, 5) is 0. The number of fused-ring (bicyclic) bond motifs is 1. The van der Waals surface area contributed by atoms with Crippen molar-refractivity contribution < 1.29 is 17.9 Å². The number of halogens is 3. The van der Waals surface area contributed by atoms with Crippen LogP contribution < -0.4 is 10.1 Å². The van der Waals surface area contributed by atoms with Crippen LogP contribution in [0, 0.1) is 5.92 Å². The van der Waals surface area contributed by atoms with Crippen LogP contribution in [0.3, 0.4) is 0 Å². The van der Waals surface area contributed by atoms with Crippen LogP contribution in [-0.2, 0) is 6.18 Å². The van der Waals surface area contributed by atoms with Crippen molar-refractivity contribution in [1.29, 1.82) is 0 Å². The van der Waals surface area contributed by atoms with E-state index in [1.54, 1.807) is 6.07 Å². The lowest BCUT2D eigenvalue weighted by Gasteiger charge is -2.15. The first-order valence-electron chi connectivity index (χ1n) is 5.05. The fourth-order valence-corrected chi connectivity index (χ4v) is 1.62. The quantitative estimate of drug-likeness (QED) is 0.740. The molecular weight excluding hydrogens is 219 g/mol. The zero-order valence-electron chi connectivity index (χ0n) is 8.77. The van der Waals surface area contributed by atoms with E-state index in [0.717, 1.165) is 6.07 Å². The Morgan fingerprint density at radius 3 is 2.81 bits per heavy atom. The van der Waals surface area contributed by atoms with Crippen LogP contribution >= 0.6 is 0 Å². The lowest BCUT2D eigenvalue weighted by Crippen LogP contribution is -2.14. The van der Waals surface area contributed by atoms with E-state index in [2.05, 4.69) is 5.32 Å². The minimum absolute atomic E-state index is 0.0839. The molecule has 0 bridgehead atoms. The van der Waals surface area contributed by atoms with E-state index >= 15 is 0 Å². The van der Waals surface area contributed by atoms with Crippen LogP contribution in [0.15, 0.2) is 18.2 Å². The molecule has 0 amide bonds. The third kappa shape index (κ3) is 2.08. The Morgan fingerprint density at radius 1 is 1.38 bits per heavy atom. The average Bonchev–Trinajstić information content (AvgIpc) is 2.39. The second kappa shape index (κ2) is 3.88. The maximum Gasteiger partial charge on any atom is 0.420 e. The Hall–Kier alpha value is -1.39. The fourth-order valence-electron chi connectivity index (χ4n) is 1.62. The van der Waals surface area contributed by atoms with Crippen LogP contribution in [0.5, 0.6) is 5.75 Å². The molecule has 1 heterocycles. The van der Waals surface area contributed by atoms with Gasteiger partial charge in [-0.15, -0.1) is 0 Å². The Kier molecular flexibility index (Phi) is 2.69. The molecule has 1 aromatic rings. The van der Waals surface area contributed by atoms with Gasteiger partial charge in [0.25, 0.3) is 0 Å². The van der Waals surface area contributed by atoms with Crippen molar-refractivity contribution in [3.63, 3.8) is 0 Å². The smallest absolute Gasteiger partial charge is 0.420 e. The molecule has 1 aromatic carbocycles. The molecule has 2 nitrogen and oxygen atoms in total. The lowest BCUT2D eigenvalue weighted by atomic mass is 10.1. The maximum absolute atomic E-state index is 12.7. The van der Waals surface area contributed by atoms with Gasteiger partial charge in [0.15, 0.2) is 5.75 Å². The topological polar surface area (TPSA) is 21.3 Å². The molecule has 0 fully saturated rings. The average molecular weight is 231 g/mol. The Labute approximate surface area is 91.4 Å². The standard InChI is InChI=1S/C11H12F3NO/c1-7-5-15-9-4-2-3-8(11(12,13)14)10(9)16-6-7/h2-4,7,15H,5-6H2,1H3. The van der Waals surface area contributed by atoms with Crippen molar-refractivity contribution in [2.75, 3.05) is 18.5 Å². The first-order valence-corrected chi connectivity index (χ1v) is 5.05. The predicted molar refractivity (Wildman–Crippen MR) is 54.6 cm³/mol. The molecule has 0 spiro atoms. The summed E-state index contributed by atoms with van der Waals surface area (Å²) < 4.78 is 43.3. The van der Waals surface area contributed by atoms with Crippen molar-refractivity contribution in [3.8, 4) is 5.75 Å². The van der Waals surface area contributed by atoms with Crippen LogP contribution in [0.2, 0.25) is 0 Å². The maximum atomic E-state index is 12.7. The minimum atomic E-state index is -4.37. The number of benzene rings is 1. The molecule has 0 aromatic heterocycles. The highest BCUT2D eigenvalue weighted by Gasteiger charge is 2.36. The lowest BCUT2D eigenvalue weighted by molar-refractivity contribution is -0.138. The van der Waals surface area contributed by atoms with Gasteiger partial charge in [-0.25, -0.2) is 0 Å². The summed E-state index contributed by atoms with van der Waals surface area (Å²) >= 11 is 0. The summed E-state index contributed by atoms with van der Waals surface area (Å²) in [5.74, 6) is 0.104. The molecule has 0 aliphatic carbocycles. The molecule has 2 rings (SSSR count). The van der Waals surface area contributed by atoms with E-state index in [9.17, 15) is 13.2 Å². The number of hydrogen-bond donors (Lipinski definition) is 1. The van der Waals surface area contributed by atoms with E-state index in [0.29, 0.717) is 18.8 Å². The second-order valence-electron chi connectivity index (χ2n) is 3.98. The second-order valence-corrected chi connectivity index (χ2v) is 3.98. The van der Waals surface area contributed by atoms with Crippen LogP contribution in [-0.4, -0.2) is 13.2 Å². The molecule has 1 atom stereocenters. The van der Waals surface area contributed by atoms with Crippen LogP contribution in [0.25, 0.3) is 0 Å². The summed E-state index contributed by atoms with van der Waals surface area (Å²) in [7, 11) is 0. The van der Waals surface area contributed by atoms with Gasteiger partial charge in [0.05, 0.1) is 17.9 Å². The van der Waals surface area contributed by atoms with E-state index < -0.39 is 11.7 Å². The van der Waals surface area contributed by atoms with Gasteiger partial charge in [-0.2, -0.15) is 13.2 Å². The Morgan fingerprint density at radius 2 is 2.12 bits per heavy atom. The summed E-state index contributed by atoms with van der Waals surface area (Å²) in [6, 6.07) is 4.02. The summed E-state index contributed by atoms with van der Waals surface area (Å²) in [6.07, 6.45) is -4.37. The highest BCUT2D eigenvalue weighted by molar-refractivity contribution is 5.61. The van der Waals surface area contributed by atoms with Gasteiger partial charge in [-0.1, -0.05) is 13.0 Å². The van der Waals surface area contributed by atoms with Gasteiger partial charge >= 0.3 is 6.18 Å². The molecule has 1 N–H and O–H groups in total. The van der Waals surface area contributed by atoms with Gasteiger partial charge in [0.2, 0.25) is 0 Å². The normalized spacial score (nSPS) is 20.4. The zero-order chi connectivity index (χ0) is 11.8. The minimum Gasteiger partial charge on any atom is -0.490 e. The van der Waals surface area contributed by atoms with Gasteiger partial charge in [0.1, 0.15) is 0 Å². The van der Waals surface area contributed by atoms with E-state index in [4.69, 9.17) is 4.74 Å². The number of hydrogen-bond acceptors (Lipinski definition) is 2. The van der Waals surface area contributed by atoms with Gasteiger partial charge in [0, 0.05) is 12.5 Å². The zero-order valence-corrected chi connectivity index (χ0v) is 8.77. The number of rotatable bonds is 0. The molecule has 0 saturated heterocycles. The molecule has 1 aliphatic rings. The summed E-state index contributed by atoms with van der Waals surface area (Å²) in [5.41, 5.74) is -0.300. The predicted octanol–water partition coefficient (Wildman–Crippen LogP) is 3.15. The molecule has 16 heavy (non-hydrogen) atoms. The number of ether oxygens (including phenoxy) is 1. The number of para-hydroxylation sites is 1. The van der Waals surface area contributed by atoms with E-state index in [-0.39, 0.29) is 11.7 Å². The molecule has 88 valence electrons. The summed E-state index contributed by atoms with van der Waals surface area (Å²) in [5, 5.41) is 2.96. The van der Waals surface area contributed by atoms with Crippen molar-refractivity contribution in [3.05, 3.63) is 23.8 Å². The summed E-state index contributed by atoms with van der Waals surface area (Å²) in [6.45, 7) is 2.84. The van der Waals surface area contributed by atoms with E-state index in [1.165, 1.54) is 6.07 Å². The van der Waals surface area contributed by atoms with Gasteiger partial charge < -0.3 is 10.1 Å². The van der Waals surface area contributed by atoms with E-state index in [1.807, 2.05) is 6.92 Å². The molecule has 0 saturated carbocycles. The number of alkyl halides is 3. The van der Waals surface area contributed by atoms with Crippen molar-refractivity contribution in [2.24, 2.45) is 5.92 Å². The SMILES string of the molecule is CC1CNc2cccc(C(F)(F)F)c2OC1. The molecule has 1 unspecified atom stereocenters. The third-order valence-electron chi connectivity index (χ3n) is 2.47. The first-order chi connectivity index (χ1) is 7.48. The fraction of sp³-hybridized carbons (Fsp3) is 0.455. The highest BCUT2D eigenvalue weighted by Crippen LogP contribution is 2.41. The Balaban J connectivity index is 2.44. The largest absolute Gasteiger partial charge is 0.490 e. The Bertz CT molecular complexity index is 389. The molecule has 0 radical (unpaired) electrons. The monoisotopic (exact) mass is 231 g/mol. The molecule has 5 heteroatoms.